The van der Waals surface area contributed by atoms with Crippen LogP contribution in [0.15, 0.2) is 52.1 Å². The van der Waals surface area contributed by atoms with Crippen molar-refractivity contribution < 1.29 is 13.7 Å². The predicted molar refractivity (Wildman–Crippen MR) is 94.8 cm³/mol. The lowest BCUT2D eigenvalue weighted by atomic mass is 9.99. The van der Waals surface area contributed by atoms with Crippen molar-refractivity contribution in [1.29, 1.82) is 5.26 Å². The van der Waals surface area contributed by atoms with Gasteiger partial charge in [0.15, 0.2) is 5.76 Å². The van der Waals surface area contributed by atoms with E-state index in [0.29, 0.717) is 46.9 Å². The Morgan fingerprint density at radius 2 is 2.07 bits per heavy atom. The molecule has 0 saturated heterocycles. The molecule has 0 spiro atoms. The third-order valence-electron chi connectivity index (χ3n) is 4.23. The average molecular weight is 363 g/mol. The van der Waals surface area contributed by atoms with Crippen LogP contribution >= 0.6 is 0 Å². The van der Waals surface area contributed by atoms with Crippen molar-refractivity contribution in [2.75, 3.05) is 6.61 Å². The first-order valence-corrected chi connectivity index (χ1v) is 8.23. The number of halogens is 1. The molecule has 0 fully saturated rings. The molecule has 3 aromatic rings. The summed E-state index contributed by atoms with van der Waals surface area (Å²) in [7, 11) is 0. The fraction of sp³-hybridized carbons (Fsp3) is 0.158. The highest BCUT2D eigenvalue weighted by Crippen LogP contribution is 2.32. The molecule has 0 radical (unpaired) electrons. The smallest absolute Gasteiger partial charge is 0.282 e. The summed E-state index contributed by atoms with van der Waals surface area (Å²) in [6, 6.07) is 11.4. The molecule has 0 aliphatic carbocycles. The highest BCUT2D eigenvalue weighted by Gasteiger charge is 2.21. The number of nitriles is 1. The Kier molecular flexibility index (Phi) is 4.26. The van der Waals surface area contributed by atoms with Crippen molar-refractivity contribution in [3.05, 3.63) is 59.5 Å². The van der Waals surface area contributed by atoms with Gasteiger partial charge in [-0.05, 0) is 30.3 Å². The first-order valence-electron chi connectivity index (χ1n) is 8.23. The zero-order valence-corrected chi connectivity index (χ0v) is 14.1. The fourth-order valence-corrected chi connectivity index (χ4v) is 2.85. The van der Waals surface area contributed by atoms with Gasteiger partial charge in [0.1, 0.15) is 17.6 Å². The van der Waals surface area contributed by atoms with Crippen LogP contribution in [0.25, 0.3) is 22.7 Å². The van der Waals surface area contributed by atoms with Crippen LogP contribution < -0.4 is 5.73 Å². The van der Waals surface area contributed by atoms with Gasteiger partial charge in [-0.2, -0.15) is 5.26 Å². The second-order valence-corrected chi connectivity index (χ2v) is 5.98. The normalized spacial score (nSPS) is 16.3. The van der Waals surface area contributed by atoms with E-state index in [-0.39, 0.29) is 11.8 Å². The molecule has 1 aliphatic rings. The molecule has 134 valence electrons. The molecule has 0 bridgehead atoms. The van der Waals surface area contributed by atoms with Gasteiger partial charge in [-0.15, -0.1) is 0 Å². The van der Waals surface area contributed by atoms with Gasteiger partial charge < -0.3 is 15.0 Å². The van der Waals surface area contributed by atoms with Gasteiger partial charge in [-0.3, -0.25) is 4.98 Å². The summed E-state index contributed by atoms with van der Waals surface area (Å²) in [5.41, 5.74) is 8.25. The quantitative estimate of drug-likeness (QED) is 0.765. The van der Waals surface area contributed by atoms with Crippen LogP contribution in [0.1, 0.15) is 23.6 Å². The van der Waals surface area contributed by atoms with Crippen molar-refractivity contribution >= 4 is 6.02 Å². The number of aliphatic imine (C=N–C) groups is 1. The monoisotopic (exact) mass is 363 g/mol. The van der Waals surface area contributed by atoms with Crippen LogP contribution in [0.5, 0.6) is 0 Å². The van der Waals surface area contributed by atoms with E-state index in [2.05, 4.69) is 15.1 Å². The number of aromatic nitrogens is 2. The highest BCUT2D eigenvalue weighted by atomic mass is 19.1. The molecular formula is C19H14FN5O2. The molecule has 7 nitrogen and oxygen atoms in total. The number of hydrogen-bond donors (Lipinski definition) is 1. The molecule has 27 heavy (non-hydrogen) atoms. The number of ether oxygens (including phenoxy) is 1. The average Bonchev–Trinajstić information content (AvgIpc) is 3.18. The molecule has 1 aromatic carbocycles. The van der Waals surface area contributed by atoms with Crippen molar-refractivity contribution in [3.63, 3.8) is 0 Å². The van der Waals surface area contributed by atoms with E-state index < -0.39 is 6.04 Å². The van der Waals surface area contributed by atoms with Gasteiger partial charge in [0, 0.05) is 29.8 Å². The van der Waals surface area contributed by atoms with Gasteiger partial charge in [-0.25, -0.2) is 9.38 Å². The molecule has 4 rings (SSSR count). The van der Waals surface area contributed by atoms with Crippen LogP contribution in [0.4, 0.5) is 4.39 Å². The first kappa shape index (κ1) is 16.7. The lowest BCUT2D eigenvalue weighted by Gasteiger charge is -2.20. The Morgan fingerprint density at radius 3 is 2.81 bits per heavy atom. The summed E-state index contributed by atoms with van der Waals surface area (Å²) in [4.78, 5) is 8.36. The number of rotatable bonds is 3. The largest absolute Gasteiger partial charge is 0.465 e. The van der Waals surface area contributed by atoms with E-state index in [1.54, 1.807) is 30.3 Å². The number of nitrogens with two attached hydrogens (primary N) is 1. The molecule has 0 saturated carbocycles. The van der Waals surface area contributed by atoms with Crippen LogP contribution in [0.3, 0.4) is 0 Å². The molecule has 3 heterocycles. The summed E-state index contributed by atoms with van der Waals surface area (Å²) >= 11 is 0. The van der Waals surface area contributed by atoms with Gasteiger partial charge >= 0.3 is 0 Å². The minimum Gasteiger partial charge on any atom is -0.465 e. The van der Waals surface area contributed by atoms with Gasteiger partial charge in [0.05, 0.1) is 23.9 Å². The zero-order chi connectivity index (χ0) is 18.8. The van der Waals surface area contributed by atoms with E-state index in [1.807, 2.05) is 6.07 Å². The summed E-state index contributed by atoms with van der Waals surface area (Å²) in [6.07, 6.45) is 2.01. The minimum absolute atomic E-state index is 0.0601. The summed E-state index contributed by atoms with van der Waals surface area (Å²) < 4.78 is 24.8. The second-order valence-electron chi connectivity index (χ2n) is 5.98. The Hall–Kier alpha value is -3.73. The maximum Gasteiger partial charge on any atom is 0.282 e. The van der Waals surface area contributed by atoms with Gasteiger partial charge in [0.2, 0.25) is 0 Å². The number of pyridine rings is 1. The Bertz CT molecular complexity index is 1050. The Balaban J connectivity index is 1.66. The maximum atomic E-state index is 14.3. The van der Waals surface area contributed by atoms with E-state index >= 15 is 0 Å². The Labute approximate surface area is 153 Å². The lowest BCUT2D eigenvalue weighted by Crippen LogP contribution is -2.24. The summed E-state index contributed by atoms with van der Waals surface area (Å²) in [6.45, 7) is 0.389. The van der Waals surface area contributed by atoms with Gasteiger partial charge in [-0.1, -0.05) is 5.16 Å². The molecule has 8 heteroatoms. The predicted octanol–water partition coefficient (Wildman–Crippen LogP) is 3.19. The zero-order valence-electron chi connectivity index (χ0n) is 14.1. The Morgan fingerprint density at radius 1 is 1.19 bits per heavy atom. The molecule has 0 unspecified atom stereocenters. The van der Waals surface area contributed by atoms with Crippen LogP contribution in [-0.4, -0.2) is 22.8 Å². The van der Waals surface area contributed by atoms with E-state index in [0.717, 1.165) is 0 Å². The topological polar surface area (TPSA) is 110 Å². The molecule has 2 aromatic heterocycles. The highest BCUT2D eigenvalue weighted by molar-refractivity contribution is 5.72. The first-order chi connectivity index (χ1) is 13.1. The van der Waals surface area contributed by atoms with Crippen molar-refractivity contribution in [2.45, 2.75) is 12.5 Å². The number of hydrogen-bond acceptors (Lipinski definition) is 7. The molecule has 1 atom stereocenters. The van der Waals surface area contributed by atoms with Gasteiger partial charge in [0.25, 0.3) is 6.02 Å². The molecule has 2 N–H and O–H groups in total. The van der Waals surface area contributed by atoms with Crippen molar-refractivity contribution in [3.8, 4) is 28.8 Å². The van der Waals surface area contributed by atoms with Crippen LogP contribution in [0, 0.1) is 17.1 Å². The van der Waals surface area contributed by atoms with Crippen LogP contribution in [-0.2, 0) is 4.74 Å². The van der Waals surface area contributed by atoms with Crippen molar-refractivity contribution in [1.82, 2.24) is 10.1 Å². The molecular weight excluding hydrogens is 349 g/mol. The van der Waals surface area contributed by atoms with E-state index in [1.165, 1.54) is 12.3 Å². The standard InChI is InChI=1S/C19H14FN5O2/c20-14-3-2-12(7-13(14)15-5-6-26-19(22)24-15)18-8-17(25-27-18)16-4-1-11(9-21)10-23-16/h1-4,7-8,10,15H,5-6H2,(H2,22,24)/t15-/m0/s1. The third-order valence-corrected chi connectivity index (χ3v) is 4.23. The summed E-state index contributed by atoms with van der Waals surface area (Å²) in [5.74, 6) is 0.108. The number of amidine groups is 1. The molecule has 1 aliphatic heterocycles. The summed E-state index contributed by atoms with van der Waals surface area (Å²) in [5, 5.41) is 12.9. The fourth-order valence-electron chi connectivity index (χ4n) is 2.85. The number of nitrogens with zero attached hydrogens (tertiary/aromatic N) is 4. The minimum atomic E-state index is -0.402. The maximum absolute atomic E-state index is 14.3. The van der Waals surface area contributed by atoms with E-state index in [4.69, 9.17) is 20.3 Å². The van der Waals surface area contributed by atoms with Crippen molar-refractivity contribution in [2.24, 2.45) is 10.7 Å². The van der Waals surface area contributed by atoms with E-state index in [9.17, 15) is 4.39 Å². The lowest BCUT2D eigenvalue weighted by molar-refractivity contribution is 0.255. The van der Waals surface area contributed by atoms with Crippen LogP contribution in [0.2, 0.25) is 0 Å². The number of benzene rings is 1. The SMILES string of the molecule is N#Cc1ccc(-c2cc(-c3ccc(F)c([C@@H]4CCOC(N)=N4)c3)on2)nc1. The second kappa shape index (κ2) is 6.88. The molecule has 0 amide bonds. The third kappa shape index (κ3) is 3.35.